The monoisotopic (exact) mass is 325 g/mol. The molecule has 0 bridgehead atoms. The van der Waals surface area contributed by atoms with Crippen LogP contribution in [0.3, 0.4) is 0 Å². The van der Waals surface area contributed by atoms with E-state index in [4.69, 9.17) is 17.3 Å². The van der Waals surface area contributed by atoms with Gasteiger partial charge in [0.1, 0.15) is 0 Å². The van der Waals surface area contributed by atoms with Crippen molar-refractivity contribution in [3.05, 3.63) is 64.8 Å². The fraction of sp³-hybridized carbons (Fsp3) is 0.111. The molecule has 3 N–H and O–H groups in total. The van der Waals surface area contributed by atoms with Crippen LogP contribution in [-0.2, 0) is 11.2 Å². The summed E-state index contributed by atoms with van der Waals surface area (Å²) in [6, 6.07) is 14.7. The molecule has 2 aromatic carbocycles. The van der Waals surface area contributed by atoms with Crippen molar-refractivity contribution in [3.8, 4) is 0 Å². The van der Waals surface area contributed by atoms with Gasteiger partial charge >= 0.3 is 0 Å². The van der Waals surface area contributed by atoms with E-state index >= 15 is 0 Å². The lowest BCUT2D eigenvalue weighted by Gasteiger charge is -2.09. The molecule has 5 heteroatoms. The van der Waals surface area contributed by atoms with Crippen LogP contribution in [0.2, 0.25) is 5.02 Å². The highest BCUT2D eigenvalue weighted by Crippen LogP contribution is 2.23. The second kappa shape index (κ2) is 6.26. The molecular formula is C18H16ClN3O. The highest BCUT2D eigenvalue weighted by atomic mass is 35.5. The highest BCUT2D eigenvalue weighted by molar-refractivity contribution is 6.31. The zero-order valence-corrected chi connectivity index (χ0v) is 13.4. The van der Waals surface area contributed by atoms with E-state index in [1.807, 2.05) is 43.3 Å². The summed E-state index contributed by atoms with van der Waals surface area (Å²) in [6.45, 7) is 1.87. The zero-order chi connectivity index (χ0) is 16.4. The van der Waals surface area contributed by atoms with Crippen LogP contribution in [0, 0.1) is 6.92 Å². The summed E-state index contributed by atoms with van der Waals surface area (Å²) in [4.78, 5) is 16.7. The van der Waals surface area contributed by atoms with E-state index in [1.54, 1.807) is 12.1 Å². The smallest absolute Gasteiger partial charge is 0.230 e. The molecule has 0 aliphatic carbocycles. The van der Waals surface area contributed by atoms with E-state index in [1.165, 1.54) is 0 Å². The largest absolute Gasteiger partial charge is 0.399 e. The van der Waals surface area contributed by atoms with Gasteiger partial charge in [-0.1, -0.05) is 23.7 Å². The number of rotatable bonds is 3. The van der Waals surface area contributed by atoms with Crippen molar-refractivity contribution >= 4 is 39.8 Å². The second-order valence-corrected chi connectivity index (χ2v) is 5.80. The number of pyridine rings is 1. The Kier molecular flexibility index (Phi) is 4.17. The van der Waals surface area contributed by atoms with Crippen molar-refractivity contribution in [2.75, 3.05) is 11.1 Å². The molecule has 4 nitrogen and oxygen atoms in total. The van der Waals surface area contributed by atoms with Gasteiger partial charge in [0.05, 0.1) is 17.6 Å². The Morgan fingerprint density at radius 1 is 1.22 bits per heavy atom. The Balaban J connectivity index is 1.77. The number of anilines is 2. The number of nitrogens with zero attached hydrogens (tertiary/aromatic N) is 1. The summed E-state index contributed by atoms with van der Waals surface area (Å²) >= 11 is 6.06. The first-order chi connectivity index (χ1) is 11.0. The number of halogens is 1. The van der Waals surface area contributed by atoms with E-state index < -0.39 is 0 Å². The van der Waals surface area contributed by atoms with Crippen molar-refractivity contribution in [2.24, 2.45) is 0 Å². The number of hydrogen-bond acceptors (Lipinski definition) is 3. The average molecular weight is 326 g/mol. The average Bonchev–Trinajstić information content (AvgIpc) is 2.52. The molecule has 3 rings (SSSR count). The van der Waals surface area contributed by atoms with E-state index in [0.717, 1.165) is 22.2 Å². The van der Waals surface area contributed by atoms with Crippen LogP contribution < -0.4 is 11.1 Å². The van der Waals surface area contributed by atoms with Crippen molar-refractivity contribution in [3.63, 3.8) is 0 Å². The van der Waals surface area contributed by atoms with Crippen LogP contribution in [0.25, 0.3) is 10.9 Å². The highest BCUT2D eigenvalue weighted by Gasteiger charge is 2.09. The standard InChI is InChI=1S/C18H16ClN3O/c1-11-15(19)3-2-4-16(11)22-18(23)10-14-7-5-12-9-13(20)6-8-17(12)21-14/h2-9H,10,20H2,1H3,(H,22,23). The van der Waals surface area contributed by atoms with Crippen molar-refractivity contribution in [1.29, 1.82) is 0 Å². The van der Waals surface area contributed by atoms with Gasteiger partial charge in [-0.05, 0) is 48.9 Å². The number of carbonyl (C=O) groups excluding carboxylic acids is 1. The fourth-order valence-corrected chi connectivity index (χ4v) is 2.56. The Bertz CT molecular complexity index is 893. The number of fused-ring (bicyclic) bond motifs is 1. The van der Waals surface area contributed by atoms with Gasteiger partial charge in [0.25, 0.3) is 0 Å². The van der Waals surface area contributed by atoms with Crippen LogP contribution in [-0.4, -0.2) is 10.9 Å². The molecule has 116 valence electrons. The third-order valence-electron chi connectivity index (χ3n) is 3.65. The van der Waals surface area contributed by atoms with Gasteiger partial charge in [-0.25, -0.2) is 0 Å². The predicted octanol–water partition coefficient (Wildman–Crippen LogP) is 3.96. The Hall–Kier alpha value is -2.59. The number of nitrogens with one attached hydrogen (secondary N) is 1. The van der Waals surface area contributed by atoms with Crippen LogP contribution in [0.4, 0.5) is 11.4 Å². The lowest BCUT2D eigenvalue weighted by atomic mass is 10.1. The third kappa shape index (κ3) is 3.43. The summed E-state index contributed by atoms with van der Waals surface area (Å²) in [5.41, 5.74) is 9.55. The van der Waals surface area contributed by atoms with Crippen LogP contribution in [0.5, 0.6) is 0 Å². The molecule has 1 heterocycles. The van der Waals surface area contributed by atoms with Gasteiger partial charge in [-0.2, -0.15) is 0 Å². The van der Waals surface area contributed by atoms with Gasteiger partial charge in [0.2, 0.25) is 5.91 Å². The van der Waals surface area contributed by atoms with E-state index in [-0.39, 0.29) is 12.3 Å². The van der Waals surface area contributed by atoms with Crippen LogP contribution in [0.15, 0.2) is 48.5 Å². The molecule has 1 aromatic heterocycles. The fourth-order valence-electron chi connectivity index (χ4n) is 2.39. The molecule has 0 spiro atoms. The molecule has 0 atom stereocenters. The molecule has 0 saturated heterocycles. The minimum absolute atomic E-state index is 0.127. The molecular weight excluding hydrogens is 310 g/mol. The summed E-state index contributed by atoms with van der Waals surface area (Å²) in [5.74, 6) is -0.127. The molecule has 0 aliphatic rings. The van der Waals surface area contributed by atoms with E-state index in [9.17, 15) is 4.79 Å². The second-order valence-electron chi connectivity index (χ2n) is 5.39. The number of amides is 1. The maximum absolute atomic E-state index is 12.2. The third-order valence-corrected chi connectivity index (χ3v) is 4.06. The van der Waals surface area contributed by atoms with Gasteiger partial charge in [-0.15, -0.1) is 0 Å². The van der Waals surface area contributed by atoms with Gasteiger partial charge in [-0.3, -0.25) is 9.78 Å². The zero-order valence-electron chi connectivity index (χ0n) is 12.6. The lowest BCUT2D eigenvalue weighted by Crippen LogP contribution is -2.16. The molecule has 0 unspecified atom stereocenters. The summed E-state index contributed by atoms with van der Waals surface area (Å²) in [5, 5.41) is 4.46. The van der Waals surface area contributed by atoms with Crippen molar-refractivity contribution < 1.29 is 4.79 Å². The number of nitrogen functional groups attached to an aromatic ring is 1. The summed E-state index contributed by atoms with van der Waals surface area (Å²) in [7, 11) is 0. The molecule has 3 aromatic rings. The van der Waals surface area contributed by atoms with Crippen molar-refractivity contribution in [1.82, 2.24) is 4.98 Å². The lowest BCUT2D eigenvalue weighted by molar-refractivity contribution is -0.115. The number of hydrogen-bond donors (Lipinski definition) is 2. The minimum Gasteiger partial charge on any atom is -0.399 e. The number of aromatic nitrogens is 1. The molecule has 23 heavy (non-hydrogen) atoms. The molecule has 0 fully saturated rings. The quantitative estimate of drug-likeness (QED) is 0.716. The Labute approximate surface area is 139 Å². The normalized spacial score (nSPS) is 10.7. The predicted molar refractivity (Wildman–Crippen MR) is 94.7 cm³/mol. The van der Waals surface area contributed by atoms with Crippen molar-refractivity contribution in [2.45, 2.75) is 13.3 Å². The molecule has 1 amide bonds. The van der Waals surface area contributed by atoms with E-state index in [0.29, 0.717) is 16.4 Å². The van der Waals surface area contributed by atoms with Gasteiger partial charge < -0.3 is 11.1 Å². The van der Waals surface area contributed by atoms with Gasteiger partial charge in [0.15, 0.2) is 0 Å². The van der Waals surface area contributed by atoms with Gasteiger partial charge in [0, 0.05) is 21.8 Å². The van der Waals surface area contributed by atoms with E-state index in [2.05, 4.69) is 10.3 Å². The topological polar surface area (TPSA) is 68.0 Å². The maximum Gasteiger partial charge on any atom is 0.230 e. The number of benzene rings is 2. The first kappa shape index (κ1) is 15.3. The summed E-state index contributed by atoms with van der Waals surface area (Å²) in [6.07, 6.45) is 0.201. The Morgan fingerprint density at radius 2 is 2.04 bits per heavy atom. The number of carbonyl (C=O) groups is 1. The first-order valence-corrected chi connectivity index (χ1v) is 7.61. The number of nitrogens with two attached hydrogens (primary N) is 1. The van der Waals surface area contributed by atoms with Crippen LogP contribution in [0.1, 0.15) is 11.3 Å². The molecule has 0 radical (unpaired) electrons. The SMILES string of the molecule is Cc1c(Cl)cccc1NC(=O)Cc1ccc2cc(N)ccc2n1. The minimum atomic E-state index is -0.127. The molecule has 0 aliphatic heterocycles. The first-order valence-electron chi connectivity index (χ1n) is 7.23. The Morgan fingerprint density at radius 3 is 2.87 bits per heavy atom. The maximum atomic E-state index is 12.2. The molecule has 0 saturated carbocycles. The summed E-state index contributed by atoms with van der Waals surface area (Å²) < 4.78 is 0. The van der Waals surface area contributed by atoms with Crippen LogP contribution >= 0.6 is 11.6 Å².